The van der Waals surface area contributed by atoms with Crippen LogP contribution >= 0.6 is 0 Å². The zero-order valence-electron chi connectivity index (χ0n) is 18.0. The third-order valence-corrected chi connectivity index (χ3v) is 6.21. The Morgan fingerprint density at radius 3 is 2.42 bits per heavy atom. The average molecular weight is 522 g/mol. The van der Waals surface area contributed by atoms with Crippen LogP contribution in [-0.4, -0.2) is 31.2 Å². The van der Waals surface area contributed by atoms with E-state index < -0.39 is 21.1 Å². The first-order valence-electron chi connectivity index (χ1n) is 9.99. The third kappa shape index (κ3) is 7.63. The normalized spacial score (nSPS) is 12.1. The van der Waals surface area contributed by atoms with Gasteiger partial charge < -0.3 is 12.0 Å². The molecule has 0 spiro atoms. The predicted molar refractivity (Wildman–Crippen MR) is 119 cm³/mol. The van der Waals surface area contributed by atoms with Gasteiger partial charge in [-0.05, 0) is 30.5 Å². The van der Waals surface area contributed by atoms with E-state index >= 15 is 0 Å². The molecule has 1 unspecified atom stereocenters. The summed E-state index contributed by atoms with van der Waals surface area (Å²) in [5.74, 6) is 0. The topological polar surface area (TPSA) is 101 Å². The maximum Gasteiger partial charge on any atom is 0.273 e. The number of nitro groups is 1. The van der Waals surface area contributed by atoms with E-state index in [0.717, 1.165) is 19.1 Å². The summed E-state index contributed by atoms with van der Waals surface area (Å²) in [4.78, 5) is 11.1. The van der Waals surface area contributed by atoms with E-state index in [9.17, 15) is 23.6 Å². The van der Waals surface area contributed by atoms with E-state index in [1.807, 2.05) is 6.92 Å². The fourth-order valence-corrected chi connectivity index (χ4v) is 4.36. The van der Waals surface area contributed by atoms with Crippen molar-refractivity contribution in [1.82, 2.24) is 0 Å². The van der Waals surface area contributed by atoms with Crippen LogP contribution in [0, 0.1) is 17.0 Å². The van der Waals surface area contributed by atoms with Crippen LogP contribution in [0.3, 0.4) is 0 Å². The molecule has 0 amide bonds. The fraction of sp³-hybridized carbons (Fsp3) is 0.409. The minimum atomic E-state index is -3.63. The SMILES string of the molecule is [CH2-]Cc1cccc(CCN(c2cccc(C(O)CCCC)c2)S(C)(=O)=O)c1[N+](=O)[O-].[Y]. The molecule has 0 aliphatic rings. The van der Waals surface area contributed by atoms with E-state index in [1.165, 1.54) is 4.31 Å². The number of rotatable bonds is 11. The number of anilines is 1. The number of para-hydroxylation sites is 1. The first kappa shape index (κ1) is 27.7. The molecule has 0 aromatic heterocycles. The Balaban J connectivity index is 0.00000480. The summed E-state index contributed by atoms with van der Waals surface area (Å²) >= 11 is 0. The number of sulfonamides is 1. The van der Waals surface area contributed by atoms with Gasteiger partial charge in [0.15, 0.2) is 0 Å². The number of nitrogens with zero attached hydrogens (tertiary/aromatic N) is 2. The van der Waals surface area contributed by atoms with E-state index in [1.54, 1.807) is 42.5 Å². The molecule has 2 aromatic rings. The van der Waals surface area contributed by atoms with Crippen molar-refractivity contribution in [3.63, 3.8) is 0 Å². The van der Waals surface area contributed by atoms with E-state index in [4.69, 9.17) is 0 Å². The van der Waals surface area contributed by atoms with E-state index in [2.05, 4.69) is 6.92 Å². The van der Waals surface area contributed by atoms with Gasteiger partial charge in [0.05, 0.1) is 23.0 Å². The summed E-state index contributed by atoms with van der Waals surface area (Å²) in [6.45, 7) is 5.82. The number of unbranched alkanes of at least 4 members (excludes halogenated alkanes) is 1. The number of aliphatic hydroxyl groups excluding tert-OH is 1. The van der Waals surface area contributed by atoms with Gasteiger partial charge in [-0.15, -0.1) is 6.42 Å². The quantitative estimate of drug-likeness (QED) is 0.271. The molecular formula is C22H29N2O5SY-. The number of hydrogen-bond acceptors (Lipinski definition) is 5. The molecule has 0 saturated heterocycles. The Hall–Kier alpha value is -1.35. The van der Waals surface area contributed by atoms with Crippen molar-refractivity contribution in [2.24, 2.45) is 0 Å². The molecule has 9 heteroatoms. The van der Waals surface area contributed by atoms with Crippen molar-refractivity contribution in [3.05, 3.63) is 76.2 Å². The standard InChI is InChI=1S/C22H29N2O5S.Y/c1-4-6-13-21(25)19-11-8-12-20(16-19)23(30(3,28)29)15-14-18-10-7-9-17(5-2)22(18)24(26)27;/h7-12,16,21,25H,2,4-6,13-15H2,1,3H3;/q-1;. The second-order valence-corrected chi connectivity index (χ2v) is 9.18. The number of benzene rings is 2. The predicted octanol–water partition coefficient (Wildman–Crippen LogP) is 4.20. The van der Waals surface area contributed by atoms with E-state index in [0.29, 0.717) is 28.8 Å². The second-order valence-electron chi connectivity index (χ2n) is 7.27. The van der Waals surface area contributed by atoms with Crippen molar-refractivity contribution >= 4 is 21.4 Å². The minimum Gasteiger partial charge on any atom is -0.388 e. The largest absolute Gasteiger partial charge is 0.388 e. The molecule has 0 saturated carbocycles. The van der Waals surface area contributed by atoms with Crippen LogP contribution in [0.4, 0.5) is 11.4 Å². The fourth-order valence-electron chi connectivity index (χ4n) is 3.44. The molecule has 0 bridgehead atoms. The molecule has 167 valence electrons. The molecule has 1 N–H and O–H groups in total. The third-order valence-electron chi connectivity index (χ3n) is 5.01. The Bertz CT molecular complexity index is 982. The molecule has 1 atom stereocenters. The molecule has 31 heavy (non-hydrogen) atoms. The van der Waals surface area contributed by atoms with E-state index in [-0.39, 0.29) is 57.8 Å². The van der Waals surface area contributed by atoms with Crippen LogP contribution in [0.2, 0.25) is 0 Å². The first-order valence-corrected chi connectivity index (χ1v) is 11.8. The smallest absolute Gasteiger partial charge is 0.273 e. The van der Waals surface area contributed by atoms with Gasteiger partial charge in [-0.3, -0.25) is 14.4 Å². The van der Waals surface area contributed by atoms with Crippen molar-refractivity contribution in [3.8, 4) is 0 Å². The van der Waals surface area contributed by atoms with Crippen LogP contribution in [0.5, 0.6) is 0 Å². The van der Waals surface area contributed by atoms with Gasteiger partial charge >= 0.3 is 0 Å². The minimum absolute atomic E-state index is 0. The average Bonchev–Trinajstić information content (AvgIpc) is 2.70. The van der Waals surface area contributed by atoms with Crippen LogP contribution in [-0.2, 0) is 55.6 Å². The number of nitro benzene ring substituents is 1. The summed E-state index contributed by atoms with van der Waals surface area (Å²) in [6.07, 6.45) is 3.32. The maximum absolute atomic E-state index is 12.5. The Morgan fingerprint density at radius 2 is 1.84 bits per heavy atom. The molecule has 0 fully saturated rings. The molecule has 0 aliphatic heterocycles. The monoisotopic (exact) mass is 522 g/mol. The van der Waals surface area contributed by atoms with Gasteiger partial charge in [0.2, 0.25) is 10.0 Å². The molecule has 0 heterocycles. The molecule has 2 rings (SSSR count). The summed E-state index contributed by atoms with van der Waals surface area (Å²) in [7, 11) is -3.63. The van der Waals surface area contributed by atoms with Crippen molar-refractivity contribution in [1.29, 1.82) is 0 Å². The molecule has 2 aromatic carbocycles. The second kappa shape index (κ2) is 12.6. The Labute approximate surface area is 209 Å². The van der Waals surface area contributed by atoms with Crippen molar-refractivity contribution < 1.29 is 51.2 Å². The van der Waals surface area contributed by atoms with Crippen LogP contribution in [0.1, 0.15) is 49.0 Å². The van der Waals surface area contributed by atoms with Gasteiger partial charge in [0, 0.05) is 50.4 Å². The van der Waals surface area contributed by atoms with Crippen LogP contribution in [0.25, 0.3) is 0 Å². The van der Waals surface area contributed by atoms with Crippen molar-refractivity contribution in [2.75, 3.05) is 17.1 Å². The summed E-state index contributed by atoms with van der Waals surface area (Å²) < 4.78 is 26.2. The number of hydrogen-bond donors (Lipinski definition) is 1. The zero-order valence-corrected chi connectivity index (χ0v) is 21.7. The van der Waals surface area contributed by atoms with Gasteiger partial charge in [-0.25, -0.2) is 8.42 Å². The summed E-state index contributed by atoms with van der Waals surface area (Å²) in [5, 5.41) is 21.9. The maximum atomic E-state index is 12.5. The van der Waals surface area contributed by atoms with Gasteiger partial charge in [0.25, 0.3) is 5.69 Å². The Kier molecular flexibility index (Phi) is 11.3. The first-order chi connectivity index (χ1) is 14.2. The van der Waals surface area contributed by atoms with Crippen LogP contribution in [0.15, 0.2) is 42.5 Å². The molecule has 7 nitrogen and oxygen atoms in total. The van der Waals surface area contributed by atoms with Gasteiger partial charge in [-0.2, -0.15) is 0 Å². The summed E-state index contributed by atoms with van der Waals surface area (Å²) in [6, 6.07) is 11.8. The molecule has 1 radical (unpaired) electrons. The van der Waals surface area contributed by atoms with Crippen LogP contribution < -0.4 is 4.31 Å². The Morgan fingerprint density at radius 1 is 1.19 bits per heavy atom. The summed E-state index contributed by atoms with van der Waals surface area (Å²) in [5.41, 5.74) is 2.06. The van der Waals surface area contributed by atoms with Crippen molar-refractivity contribution in [2.45, 2.75) is 45.1 Å². The number of aliphatic hydroxyl groups is 1. The van der Waals surface area contributed by atoms with Gasteiger partial charge in [-0.1, -0.05) is 50.1 Å². The molecular weight excluding hydrogens is 493 g/mol. The van der Waals surface area contributed by atoms with Gasteiger partial charge in [0.1, 0.15) is 0 Å². The molecule has 0 aliphatic carbocycles. The zero-order chi connectivity index (χ0) is 22.3.